The molecule has 0 spiro atoms. The smallest absolute Gasteiger partial charge is 0.266 e. The molecule has 1 saturated heterocycles. The van der Waals surface area contributed by atoms with Gasteiger partial charge in [0.05, 0.1) is 12.7 Å². The van der Waals surface area contributed by atoms with Gasteiger partial charge < -0.3 is 14.9 Å². The SMILES string of the molecule is OCCC(CO)C1CCC(C2CCC(c3ccc(-c4ccc(CCC=C(F)F)cc4)cc3)CO2)CC1. The van der Waals surface area contributed by atoms with E-state index in [1.165, 1.54) is 18.4 Å². The molecule has 1 saturated carbocycles. The summed E-state index contributed by atoms with van der Waals surface area (Å²) in [5, 5.41) is 18.9. The van der Waals surface area contributed by atoms with E-state index >= 15 is 0 Å². The van der Waals surface area contributed by atoms with Crippen molar-refractivity contribution < 1.29 is 23.7 Å². The molecule has 2 N–H and O–H groups in total. The summed E-state index contributed by atoms with van der Waals surface area (Å²) in [6.45, 7) is 1.12. The van der Waals surface area contributed by atoms with Crippen LogP contribution in [0.5, 0.6) is 0 Å². The number of rotatable bonds is 10. The minimum absolute atomic E-state index is 0.162. The molecule has 2 fully saturated rings. The topological polar surface area (TPSA) is 49.7 Å². The first-order valence-corrected chi connectivity index (χ1v) is 13.6. The molecule has 0 bridgehead atoms. The van der Waals surface area contributed by atoms with Gasteiger partial charge in [0, 0.05) is 19.1 Å². The maximum Gasteiger partial charge on any atom is 0.266 e. The van der Waals surface area contributed by atoms with E-state index in [2.05, 4.69) is 36.4 Å². The van der Waals surface area contributed by atoms with Crippen molar-refractivity contribution in [2.75, 3.05) is 19.8 Å². The Bertz CT molecular complexity index is 937. The second-order valence-electron chi connectivity index (χ2n) is 10.6. The molecule has 196 valence electrons. The molecule has 1 aliphatic heterocycles. The molecule has 2 aromatic carbocycles. The summed E-state index contributed by atoms with van der Waals surface area (Å²) in [6.07, 6.45) is 8.25. The van der Waals surface area contributed by atoms with Gasteiger partial charge in [0.15, 0.2) is 0 Å². The lowest BCUT2D eigenvalue weighted by molar-refractivity contribution is -0.0470. The van der Waals surface area contributed by atoms with Gasteiger partial charge in [0.2, 0.25) is 0 Å². The van der Waals surface area contributed by atoms with Crippen molar-refractivity contribution in [3.63, 3.8) is 0 Å². The van der Waals surface area contributed by atoms with E-state index in [0.717, 1.165) is 55.1 Å². The van der Waals surface area contributed by atoms with E-state index in [0.29, 0.717) is 43.1 Å². The van der Waals surface area contributed by atoms with Crippen LogP contribution in [0.3, 0.4) is 0 Å². The maximum atomic E-state index is 12.2. The molecule has 3 nitrogen and oxygen atoms in total. The summed E-state index contributed by atoms with van der Waals surface area (Å²) in [7, 11) is 0. The largest absolute Gasteiger partial charge is 0.396 e. The first-order chi connectivity index (χ1) is 17.6. The van der Waals surface area contributed by atoms with Gasteiger partial charge in [-0.2, -0.15) is 8.78 Å². The fourth-order valence-corrected chi connectivity index (χ4v) is 6.20. The number of aliphatic hydroxyl groups is 2. The number of allylic oxidation sites excluding steroid dienone is 1. The molecule has 4 rings (SSSR count). The molecule has 0 aromatic heterocycles. The summed E-state index contributed by atoms with van der Waals surface area (Å²) in [5.41, 5.74) is 4.69. The predicted molar refractivity (Wildman–Crippen MR) is 140 cm³/mol. The molecule has 2 aromatic rings. The van der Waals surface area contributed by atoms with E-state index < -0.39 is 6.08 Å². The Kier molecular flexibility index (Phi) is 10.1. The number of benzene rings is 2. The molecule has 0 radical (unpaired) electrons. The van der Waals surface area contributed by atoms with Crippen molar-refractivity contribution in [3.05, 3.63) is 71.8 Å². The monoisotopic (exact) mass is 498 g/mol. The van der Waals surface area contributed by atoms with E-state index in [1.807, 2.05) is 12.1 Å². The van der Waals surface area contributed by atoms with E-state index in [4.69, 9.17) is 4.74 Å². The van der Waals surface area contributed by atoms with Crippen molar-refractivity contribution in [2.24, 2.45) is 17.8 Å². The quantitative estimate of drug-likeness (QED) is 0.366. The van der Waals surface area contributed by atoms with Crippen LogP contribution in [0.1, 0.15) is 68.4 Å². The Hall–Kier alpha value is -2.08. The maximum absolute atomic E-state index is 12.2. The number of aliphatic hydroxyl groups excluding tert-OH is 2. The van der Waals surface area contributed by atoms with Crippen LogP contribution in [-0.4, -0.2) is 36.1 Å². The lowest BCUT2D eigenvalue weighted by Crippen LogP contribution is -2.35. The molecule has 1 aliphatic carbocycles. The zero-order valence-electron chi connectivity index (χ0n) is 21.1. The summed E-state index contributed by atoms with van der Waals surface area (Å²) < 4.78 is 30.8. The Morgan fingerprint density at radius 3 is 2.11 bits per heavy atom. The number of halogens is 2. The summed E-state index contributed by atoms with van der Waals surface area (Å²) >= 11 is 0. The standard InChI is InChI=1S/C31H40F2O3/c32-31(33)3-1-2-22-4-6-23(7-5-22)24-8-10-26(11-9-24)29-16-17-30(36-21-29)27-14-12-25(13-15-27)28(20-35)18-19-34/h3-11,25,27-30,34-35H,1-2,12-21H2. The molecule has 1 heterocycles. The third kappa shape index (κ3) is 7.24. The Labute approximate surface area is 214 Å². The van der Waals surface area contributed by atoms with E-state index in [1.54, 1.807) is 0 Å². The molecule has 5 heteroatoms. The molecule has 0 amide bonds. The van der Waals surface area contributed by atoms with Crippen molar-refractivity contribution in [1.82, 2.24) is 0 Å². The van der Waals surface area contributed by atoms with Crippen LogP contribution in [-0.2, 0) is 11.2 Å². The Balaban J connectivity index is 1.24. The van der Waals surface area contributed by atoms with Crippen molar-refractivity contribution >= 4 is 0 Å². The van der Waals surface area contributed by atoms with Crippen molar-refractivity contribution in [1.29, 1.82) is 0 Å². The lowest BCUT2D eigenvalue weighted by Gasteiger charge is -2.39. The third-order valence-electron chi connectivity index (χ3n) is 8.46. The van der Waals surface area contributed by atoms with Crippen LogP contribution >= 0.6 is 0 Å². The molecular formula is C31H40F2O3. The van der Waals surface area contributed by atoms with Crippen molar-refractivity contribution in [2.45, 2.75) is 69.8 Å². The van der Waals surface area contributed by atoms with Crippen LogP contribution in [0.25, 0.3) is 11.1 Å². The fourth-order valence-electron chi connectivity index (χ4n) is 6.20. The number of hydrogen-bond donors (Lipinski definition) is 2. The fraction of sp³-hybridized carbons (Fsp3) is 0.548. The van der Waals surface area contributed by atoms with Gasteiger partial charge in [-0.25, -0.2) is 0 Å². The van der Waals surface area contributed by atoms with Crippen LogP contribution in [0.15, 0.2) is 60.7 Å². The van der Waals surface area contributed by atoms with Crippen LogP contribution in [0, 0.1) is 17.8 Å². The highest BCUT2D eigenvalue weighted by Crippen LogP contribution is 2.40. The van der Waals surface area contributed by atoms with Gasteiger partial charge in [-0.15, -0.1) is 0 Å². The van der Waals surface area contributed by atoms with E-state index in [-0.39, 0.29) is 19.1 Å². The van der Waals surface area contributed by atoms with Crippen molar-refractivity contribution in [3.8, 4) is 11.1 Å². The molecule has 3 unspecified atom stereocenters. The Morgan fingerprint density at radius 1 is 0.889 bits per heavy atom. The first kappa shape index (κ1) is 27.0. The average Bonchev–Trinajstić information content (AvgIpc) is 2.92. The number of ether oxygens (including phenoxy) is 1. The second-order valence-corrected chi connectivity index (χ2v) is 10.6. The second kappa shape index (κ2) is 13.5. The predicted octanol–water partition coefficient (Wildman–Crippen LogP) is 7.13. The summed E-state index contributed by atoms with van der Waals surface area (Å²) in [6, 6.07) is 16.9. The molecule has 2 aliphatic rings. The molecule has 36 heavy (non-hydrogen) atoms. The van der Waals surface area contributed by atoms with Gasteiger partial charge in [0.25, 0.3) is 6.08 Å². The first-order valence-electron chi connectivity index (χ1n) is 13.6. The summed E-state index contributed by atoms with van der Waals surface area (Å²) in [5.74, 6) is 1.83. The highest BCUT2D eigenvalue weighted by Gasteiger charge is 2.34. The van der Waals surface area contributed by atoms with Gasteiger partial charge in [-0.05, 0) is 104 Å². The van der Waals surface area contributed by atoms with Gasteiger partial charge >= 0.3 is 0 Å². The lowest BCUT2D eigenvalue weighted by atomic mass is 9.72. The number of hydrogen-bond acceptors (Lipinski definition) is 3. The zero-order chi connectivity index (χ0) is 25.3. The van der Waals surface area contributed by atoms with E-state index in [9.17, 15) is 19.0 Å². The van der Waals surface area contributed by atoms with Gasteiger partial charge in [-0.1, -0.05) is 48.5 Å². The van der Waals surface area contributed by atoms with Crippen LogP contribution < -0.4 is 0 Å². The molecule has 3 atom stereocenters. The molecular weight excluding hydrogens is 458 g/mol. The zero-order valence-corrected chi connectivity index (χ0v) is 21.1. The highest BCUT2D eigenvalue weighted by atomic mass is 19.3. The average molecular weight is 499 g/mol. The van der Waals surface area contributed by atoms with Gasteiger partial charge in [-0.3, -0.25) is 0 Å². The van der Waals surface area contributed by atoms with Crippen LogP contribution in [0.2, 0.25) is 0 Å². The van der Waals surface area contributed by atoms with Gasteiger partial charge in [0.1, 0.15) is 0 Å². The summed E-state index contributed by atoms with van der Waals surface area (Å²) in [4.78, 5) is 0. The van der Waals surface area contributed by atoms with Crippen LogP contribution in [0.4, 0.5) is 8.78 Å². The third-order valence-corrected chi connectivity index (χ3v) is 8.46. The highest BCUT2D eigenvalue weighted by molar-refractivity contribution is 5.64. The number of aryl methyl sites for hydroxylation is 1. The minimum atomic E-state index is -1.61. The normalized spacial score (nSPS) is 25.3. The Morgan fingerprint density at radius 2 is 1.56 bits per heavy atom. The minimum Gasteiger partial charge on any atom is -0.396 e.